The Morgan fingerprint density at radius 3 is 2.33 bits per heavy atom. The average Bonchev–Trinajstić information content (AvgIpc) is 2.58. The zero-order valence-corrected chi connectivity index (χ0v) is 12.5. The molecule has 1 saturated heterocycles. The quantitative estimate of drug-likeness (QED) is 0.810. The Balaban J connectivity index is 2.09. The van der Waals surface area contributed by atoms with E-state index in [2.05, 4.69) is 0 Å². The maximum absolute atomic E-state index is 12.5. The summed E-state index contributed by atoms with van der Waals surface area (Å²) in [5.41, 5.74) is -0.593. The summed E-state index contributed by atoms with van der Waals surface area (Å²) >= 11 is 0. The van der Waals surface area contributed by atoms with E-state index in [1.54, 1.807) is 0 Å². The van der Waals surface area contributed by atoms with E-state index >= 15 is 0 Å². The van der Waals surface area contributed by atoms with Crippen LogP contribution in [0.25, 0.3) is 11.0 Å². The largest absolute Gasteiger partial charge is 0.508 e. The third-order valence-corrected chi connectivity index (χ3v) is 4.29. The molecule has 0 saturated carbocycles. The van der Waals surface area contributed by atoms with Crippen LogP contribution in [0, 0.1) is 0 Å². The first kappa shape index (κ1) is 14.2. The molecule has 0 radical (unpaired) electrons. The molecule has 0 unspecified atom stereocenters. The van der Waals surface area contributed by atoms with Crippen LogP contribution in [-0.2, 0) is 9.31 Å². The van der Waals surface area contributed by atoms with E-state index in [0.29, 0.717) is 16.4 Å². The van der Waals surface area contributed by atoms with E-state index in [4.69, 9.17) is 13.7 Å². The van der Waals surface area contributed by atoms with Crippen molar-refractivity contribution in [2.75, 3.05) is 0 Å². The van der Waals surface area contributed by atoms with Crippen LogP contribution in [0.15, 0.2) is 33.7 Å². The van der Waals surface area contributed by atoms with Crippen molar-refractivity contribution in [2.45, 2.75) is 38.9 Å². The molecular weight excluding hydrogens is 271 g/mol. The molecule has 0 spiro atoms. The van der Waals surface area contributed by atoms with Crippen LogP contribution >= 0.6 is 0 Å². The number of benzene rings is 1. The van der Waals surface area contributed by atoms with Crippen LogP contribution in [0.3, 0.4) is 0 Å². The van der Waals surface area contributed by atoms with Crippen LogP contribution in [0.4, 0.5) is 0 Å². The number of hydrogen-bond donors (Lipinski definition) is 1. The molecule has 3 rings (SSSR count). The number of aromatic hydroxyl groups is 1. The molecule has 1 aliphatic heterocycles. The van der Waals surface area contributed by atoms with Gasteiger partial charge in [-0.15, -0.1) is 0 Å². The van der Waals surface area contributed by atoms with Gasteiger partial charge in [-0.05, 0) is 39.8 Å². The number of phenolic OH excluding ortho intramolecular Hbond substituents is 1. The van der Waals surface area contributed by atoms with Gasteiger partial charge in [-0.3, -0.25) is 4.79 Å². The SMILES string of the molecule is CC1(C)OB(c2coc3cc(O)ccc3c2=O)OC1(C)C. The summed E-state index contributed by atoms with van der Waals surface area (Å²) in [4.78, 5) is 12.5. The number of fused-ring (bicyclic) bond motifs is 1. The molecular formula is C15H17BO5. The molecule has 1 aliphatic rings. The Labute approximate surface area is 122 Å². The smallest absolute Gasteiger partial charge is 0.502 e. The highest BCUT2D eigenvalue weighted by atomic mass is 16.7. The van der Waals surface area contributed by atoms with Crippen molar-refractivity contribution in [2.24, 2.45) is 0 Å². The molecule has 1 aromatic carbocycles. The first-order chi connectivity index (χ1) is 9.71. The molecule has 2 aromatic rings. The normalized spacial score (nSPS) is 20.1. The molecule has 1 fully saturated rings. The molecule has 0 atom stereocenters. The molecule has 0 aliphatic carbocycles. The molecule has 0 bridgehead atoms. The van der Waals surface area contributed by atoms with Gasteiger partial charge in [0.25, 0.3) is 0 Å². The molecule has 1 aromatic heterocycles. The molecule has 5 nitrogen and oxygen atoms in total. The van der Waals surface area contributed by atoms with Gasteiger partial charge >= 0.3 is 7.12 Å². The standard InChI is InChI=1S/C15H17BO5/c1-14(2)15(3,4)21-16(20-14)11-8-19-12-7-9(17)5-6-10(12)13(11)18/h5-8,17H,1-4H3. The Kier molecular flexibility index (Phi) is 2.94. The summed E-state index contributed by atoms with van der Waals surface area (Å²) in [5, 5.41) is 9.82. The highest BCUT2D eigenvalue weighted by Gasteiger charge is 2.52. The second-order valence-corrected chi connectivity index (χ2v) is 6.29. The minimum atomic E-state index is -0.760. The van der Waals surface area contributed by atoms with Crippen molar-refractivity contribution in [3.05, 3.63) is 34.7 Å². The lowest BCUT2D eigenvalue weighted by atomic mass is 9.80. The van der Waals surface area contributed by atoms with Crippen molar-refractivity contribution in [3.8, 4) is 5.75 Å². The van der Waals surface area contributed by atoms with Gasteiger partial charge in [0.2, 0.25) is 0 Å². The molecule has 21 heavy (non-hydrogen) atoms. The topological polar surface area (TPSA) is 68.9 Å². The summed E-state index contributed by atoms with van der Waals surface area (Å²) in [7, 11) is -0.760. The van der Waals surface area contributed by atoms with Crippen molar-refractivity contribution < 1.29 is 18.8 Å². The van der Waals surface area contributed by atoms with Crippen LogP contribution in [0.1, 0.15) is 27.7 Å². The summed E-state index contributed by atoms with van der Waals surface area (Å²) in [6, 6.07) is 4.39. The van der Waals surface area contributed by atoms with Gasteiger partial charge in [-0.1, -0.05) is 0 Å². The molecule has 1 N–H and O–H groups in total. The third-order valence-electron chi connectivity index (χ3n) is 4.29. The monoisotopic (exact) mass is 288 g/mol. The highest BCUT2D eigenvalue weighted by Crippen LogP contribution is 2.36. The minimum Gasteiger partial charge on any atom is -0.508 e. The molecule has 6 heteroatoms. The lowest BCUT2D eigenvalue weighted by Gasteiger charge is -2.32. The van der Waals surface area contributed by atoms with E-state index in [-0.39, 0.29) is 11.2 Å². The highest BCUT2D eigenvalue weighted by molar-refractivity contribution is 6.62. The Bertz CT molecular complexity index is 746. The first-order valence-electron chi connectivity index (χ1n) is 6.81. The lowest BCUT2D eigenvalue weighted by Crippen LogP contribution is -2.43. The van der Waals surface area contributed by atoms with Crippen LogP contribution in [-0.4, -0.2) is 23.4 Å². The van der Waals surface area contributed by atoms with Crippen LogP contribution in [0.2, 0.25) is 0 Å². The van der Waals surface area contributed by atoms with Crippen molar-refractivity contribution in [3.63, 3.8) is 0 Å². The second kappa shape index (κ2) is 4.35. The molecule has 110 valence electrons. The Morgan fingerprint density at radius 1 is 1.10 bits per heavy atom. The second-order valence-electron chi connectivity index (χ2n) is 6.29. The van der Waals surface area contributed by atoms with E-state index in [1.807, 2.05) is 27.7 Å². The van der Waals surface area contributed by atoms with E-state index in [0.717, 1.165) is 0 Å². The lowest BCUT2D eigenvalue weighted by molar-refractivity contribution is 0.00578. The van der Waals surface area contributed by atoms with Gasteiger partial charge in [0, 0.05) is 6.07 Å². The van der Waals surface area contributed by atoms with Gasteiger partial charge in [-0.2, -0.15) is 0 Å². The van der Waals surface area contributed by atoms with Gasteiger partial charge in [0.15, 0.2) is 5.43 Å². The fraction of sp³-hybridized carbons (Fsp3) is 0.400. The number of phenols is 1. The van der Waals surface area contributed by atoms with Crippen molar-refractivity contribution >= 4 is 23.6 Å². The fourth-order valence-corrected chi connectivity index (χ4v) is 2.26. The van der Waals surface area contributed by atoms with Crippen molar-refractivity contribution in [1.29, 1.82) is 0 Å². The maximum Gasteiger partial charge on any atom is 0.502 e. The van der Waals surface area contributed by atoms with E-state index in [9.17, 15) is 9.90 Å². The average molecular weight is 288 g/mol. The zero-order chi connectivity index (χ0) is 15.4. The van der Waals surface area contributed by atoms with Gasteiger partial charge in [0.1, 0.15) is 11.3 Å². The third kappa shape index (κ3) is 2.15. The molecule has 0 amide bonds. The minimum absolute atomic E-state index is 0.0500. The summed E-state index contributed by atoms with van der Waals surface area (Å²) in [6.07, 6.45) is 1.34. The van der Waals surface area contributed by atoms with Gasteiger partial charge in [-0.25, -0.2) is 0 Å². The predicted octanol–water partition coefficient (Wildman–Crippen LogP) is 1.80. The zero-order valence-electron chi connectivity index (χ0n) is 12.5. The number of hydrogen-bond acceptors (Lipinski definition) is 5. The first-order valence-corrected chi connectivity index (χ1v) is 6.81. The predicted molar refractivity (Wildman–Crippen MR) is 79.9 cm³/mol. The van der Waals surface area contributed by atoms with Crippen molar-refractivity contribution in [1.82, 2.24) is 0 Å². The number of rotatable bonds is 1. The van der Waals surface area contributed by atoms with E-state index in [1.165, 1.54) is 24.5 Å². The summed E-state index contributed by atoms with van der Waals surface area (Å²) in [6.45, 7) is 7.70. The van der Waals surface area contributed by atoms with E-state index < -0.39 is 18.3 Å². The van der Waals surface area contributed by atoms with Gasteiger partial charge in [0.05, 0.1) is 28.3 Å². The maximum atomic E-state index is 12.5. The Morgan fingerprint density at radius 2 is 1.71 bits per heavy atom. The summed E-state index contributed by atoms with van der Waals surface area (Å²) in [5.74, 6) is 0.0500. The summed E-state index contributed by atoms with van der Waals surface area (Å²) < 4.78 is 17.2. The van der Waals surface area contributed by atoms with Gasteiger partial charge < -0.3 is 18.8 Å². The van der Waals surface area contributed by atoms with Crippen LogP contribution < -0.4 is 10.9 Å². The Hall–Kier alpha value is -1.79. The molecule has 2 heterocycles. The fourth-order valence-electron chi connectivity index (χ4n) is 2.26. The van der Waals surface area contributed by atoms with Crippen LogP contribution in [0.5, 0.6) is 5.75 Å².